The zero-order valence-electron chi connectivity index (χ0n) is 9.21. The number of hydrogen-bond acceptors (Lipinski definition) is 5. The zero-order chi connectivity index (χ0) is 12.7. The third-order valence-electron chi connectivity index (χ3n) is 2.69. The molecule has 1 amide bonds. The van der Waals surface area contributed by atoms with Gasteiger partial charge in [-0.15, -0.1) is 11.3 Å². The molecule has 0 saturated carbocycles. The molecular formula is C12H9N3O2S. The number of nitrogens with zero attached hydrogens (tertiary/aromatic N) is 1. The normalized spacial score (nSPS) is 10.9. The van der Waals surface area contributed by atoms with Gasteiger partial charge in [-0.1, -0.05) is 0 Å². The summed E-state index contributed by atoms with van der Waals surface area (Å²) in [5.41, 5.74) is 13.4. The minimum absolute atomic E-state index is 0.364. The second-order valence-electron chi connectivity index (χ2n) is 3.78. The fraction of sp³-hybridized carbons (Fsp3) is 0. The van der Waals surface area contributed by atoms with Gasteiger partial charge in [-0.05, 0) is 6.07 Å². The van der Waals surface area contributed by atoms with E-state index in [0.717, 1.165) is 21.2 Å². The molecule has 0 aliphatic rings. The second kappa shape index (κ2) is 3.85. The summed E-state index contributed by atoms with van der Waals surface area (Å²) in [6.45, 7) is 0. The lowest BCUT2D eigenvalue weighted by atomic mass is 10.1. The molecule has 0 unspecified atom stereocenters. The topological polar surface area (TPSA) is 95.1 Å². The maximum atomic E-state index is 11.3. The first-order chi connectivity index (χ1) is 8.68. The van der Waals surface area contributed by atoms with Crippen molar-refractivity contribution in [1.82, 2.24) is 4.98 Å². The number of hydrogen-bond donors (Lipinski definition) is 2. The molecule has 6 heteroatoms. The van der Waals surface area contributed by atoms with Crippen LogP contribution in [0.4, 0.5) is 5.69 Å². The molecule has 0 bridgehead atoms. The molecule has 3 heterocycles. The Hall–Kier alpha value is -2.34. The smallest absolute Gasteiger partial charge is 0.260 e. The van der Waals surface area contributed by atoms with Gasteiger partial charge in [0.05, 0.1) is 22.9 Å². The van der Waals surface area contributed by atoms with Crippen LogP contribution in [-0.2, 0) is 0 Å². The van der Waals surface area contributed by atoms with Gasteiger partial charge in [-0.2, -0.15) is 0 Å². The van der Waals surface area contributed by atoms with Crippen LogP contribution in [0.15, 0.2) is 35.4 Å². The Labute approximate surface area is 106 Å². The fourth-order valence-electron chi connectivity index (χ4n) is 1.89. The quantitative estimate of drug-likeness (QED) is 0.737. The molecule has 3 aromatic rings. The van der Waals surface area contributed by atoms with E-state index in [1.807, 2.05) is 6.07 Å². The summed E-state index contributed by atoms with van der Waals surface area (Å²) in [5.74, 6) is -0.521. The van der Waals surface area contributed by atoms with Crippen molar-refractivity contribution in [1.29, 1.82) is 0 Å². The molecular weight excluding hydrogens is 250 g/mol. The minimum atomic E-state index is -0.521. The molecule has 0 radical (unpaired) electrons. The molecule has 0 fully saturated rings. The van der Waals surface area contributed by atoms with Crippen LogP contribution >= 0.6 is 11.3 Å². The first kappa shape index (κ1) is 10.8. The Morgan fingerprint density at radius 3 is 2.89 bits per heavy atom. The second-order valence-corrected chi connectivity index (χ2v) is 4.83. The Bertz CT molecular complexity index is 731. The van der Waals surface area contributed by atoms with E-state index in [4.69, 9.17) is 15.9 Å². The van der Waals surface area contributed by atoms with Crippen LogP contribution in [0, 0.1) is 0 Å². The fourth-order valence-corrected chi connectivity index (χ4v) is 2.86. The maximum Gasteiger partial charge on any atom is 0.260 e. The number of fused-ring (bicyclic) bond motifs is 1. The number of pyridine rings is 1. The average molecular weight is 259 g/mol. The van der Waals surface area contributed by atoms with Crippen molar-refractivity contribution < 1.29 is 9.21 Å². The van der Waals surface area contributed by atoms with E-state index in [-0.39, 0.29) is 0 Å². The van der Waals surface area contributed by atoms with Crippen molar-refractivity contribution in [3.8, 4) is 11.1 Å². The number of furan rings is 1. The van der Waals surface area contributed by atoms with E-state index >= 15 is 0 Å². The summed E-state index contributed by atoms with van der Waals surface area (Å²) >= 11 is 1.25. The van der Waals surface area contributed by atoms with Crippen LogP contribution in [0.3, 0.4) is 0 Å². The molecule has 0 spiro atoms. The molecule has 3 aromatic heterocycles. The Morgan fingerprint density at radius 1 is 1.39 bits per heavy atom. The lowest BCUT2D eigenvalue weighted by Crippen LogP contribution is -2.10. The van der Waals surface area contributed by atoms with Gasteiger partial charge in [0.1, 0.15) is 4.88 Å². The number of amides is 1. The number of nitrogens with two attached hydrogens (primary N) is 2. The van der Waals surface area contributed by atoms with E-state index in [2.05, 4.69) is 4.98 Å². The van der Waals surface area contributed by atoms with E-state index in [1.54, 1.807) is 24.9 Å². The molecule has 0 saturated heterocycles. The van der Waals surface area contributed by atoms with Gasteiger partial charge >= 0.3 is 0 Å². The Balaban J connectivity index is 2.37. The van der Waals surface area contributed by atoms with Crippen LogP contribution in [0.1, 0.15) is 9.67 Å². The highest BCUT2D eigenvalue weighted by atomic mass is 32.1. The summed E-state index contributed by atoms with van der Waals surface area (Å²) in [4.78, 5) is 15.8. The maximum absolute atomic E-state index is 11.3. The largest absolute Gasteiger partial charge is 0.472 e. The monoisotopic (exact) mass is 259 g/mol. The van der Waals surface area contributed by atoms with Crippen LogP contribution in [0.5, 0.6) is 0 Å². The van der Waals surface area contributed by atoms with E-state index < -0.39 is 5.91 Å². The average Bonchev–Trinajstić information content (AvgIpc) is 2.97. The third kappa shape index (κ3) is 1.46. The molecule has 0 aliphatic heterocycles. The van der Waals surface area contributed by atoms with Gasteiger partial charge in [-0.25, -0.2) is 0 Å². The lowest BCUT2D eigenvalue weighted by molar-refractivity contribution is 0.100. The number of thiophene rings is 1. The van der Waals surface area contributed by atoms with E-state index in [9.17, 15) is 4.79 Å². The molecule has 90 valence electrons. The minimum Gasteiger partial charge on any atom is -0.472 e. The Morgan fingerprint density at radius 2 is 2.22 bits per heavy atom. The highest BCUT2D eigenvalue weighted by molar-refractivity contribution is 7.21. The molecule has 3 rings (SSSR count). The van der Waals surface area contributed by atoms with Crippen molar-refractivity contribution in [3.05, 3.63) is 35.9 Å². The van der Waals surface area contributed by atoms with Gasteiger partial charge in [-0.3, -0.25) is 9.78 Å². The lowest BCUT2D eigenvalue weighted by Gasteiger charge is -2.00. The van der Waals surface area contributed by atoms with Crippen LogP contribution in [-0.4, -0.2) is 10.9 Å². The van der Waals surface area contributed by atoms with Crippen molar-refractivity contribution in [2.45, 2.75) is 0 Å². The predicted molar refractivity (Wildman–Crippen MR) is 70.3 cm³/mol. The summed E-state index contributed by atoms with van der Waals surface area (Å²) in [6.07, 6.45) is 6.55. The Kier molecular flexibility index (Phi) is 2.31. The molecule has 5 nitrogen and oxygen atoms in total. The van der Waals surface area contributed by atoms with Gasteiger partial charge < -0.3 is 15.9 Å². The molecule has 0 aromatic carbocycles. The number of nitrogen functional groups attached to an aromatic ring is 1. The van der Waals surface area contributed by atoms with Crippen molar-refractivity contribution in [2.75, 3.05) is 5.73 Å². The van der Waals surface area contributed by atoms with Gasteiger partial charge in [0, 0.05) is 28.9 Å². The van der Waals surface area contributed by atoms with Crippen molar-refractivity contribution in [3.63, 3.8) is 0 Å². The SMILES string of the molecule is NC(=O)c1sc2cncc(-c3ccoc3)c2c1N. The van der Waals surface area contributed by atoms with Crippen LogP contribution in [0.2, 0.25) is 0 Å². The van der Waals surface area contributed by atoms with E-state index in [1.165, 1.54) is 11.3 Å². The third-order valence-corrected chi connectivity index (χ3v) is 3.85. The number of rotatable bonds is 2. The number of anilines is 1. The zero-order valence-corrected chi connectivity index (χ0v) is 10.0. The first-order valence-electron chi connectivity index (χ1n) is 5.17. The molecule has 18 heavy (non-hydrogen) atoms. The number of aromatic nitrogens is 1. The van der Waals surface area contributed by atoms with Crippen molar-refractivity contribution in [2.24, 2.45) is 5.73 Å². The molecule has 4 N–H and O–H groups in total. The highest BCUT2D eigenvalue weighted by Gasteiger charge is 2.17. The molecule has 0 aliphatic carbocycles. The van der Waals surface area contributed by atoms with Gasteiger partial charge in [0.2, 0.25) is 0 Å². The van der Waals surface area contributed by atoms with Crippen LogP contribution < -0.4 is 11.5 Å². The number of primary amides is 1. The molecule has 0 atom stereocenters. The standard InChI is InChI=1S/C12H9N3O2S/c13-10-9-7(6-1-2-17-5-6)3-15-4-8(9)18-11(10)12(14)16/h1-5H,13H2,(H2,14,16). The summed E-state index contributed by atoms with van der Waals surface area (Å²) in [7, 11) is 0. The van der Waals surface area contributed by atoms with E-state index in [0.29, 0.717) is 10.6 Å². The summed E-state index contributed by atoms with van der Waals surface area (Å²) in [6, 6.07) is 1.82. The van der Waals surface area contributed by atoms with Gasteiger partial charge in [0.25, 0.3) is 5.91 Å². The predicted octanol–water partition coefficient (Wildman–Crippen LogP) is 2.24. The van der Waals surface area contributed by atoms with Gasteiger partial charge in [0.15, 0.2) is 0 Å². The number of carbonyl (C=O) groups is 1. The van der Waals surface area contributed by atoms with Crippen LogP contribution in [0.25, 0.3) is 21.2 Å². The first-order valence-corrected chi connectivity index (χ1v) is 5.98. The summed E-state index contributed by atoms with van der Waals surface area (Å²) in [5, 5.41) is 0.796. The van der Waals surface area contributed by atoms with Crippen molar-refractivity contribution >= 4 is 33.0 Å². The highest BCUT2D eigenvalue weighted by Crippen LogP contribution is 2.39. The number of carbonyl (C=O) groups excluding carboxylic acids is 1. The summed E-state index contributed by atoms with van der Waals surface area (Å²) < 4.78 is 5.89.